The Hall–Kier alpha value is -0.410. The number of carbonyl (C=O) groups excluding carboxylic acids is 1. The largest absolute Gasteiger partial charge is 0.393 e. The molecule has 136 valence electrons. The van der Waals surface area contributed by atoms with E-state index in [1.165, 1.54) is 0 Å². The minimum Gasteiger partial charge on any atom is -0.393 e. The number of Topliss-reactive ketones (excluding diaryl/α,β-unsaturated/α-hetero) is 1. The van der Waals surface area contributed by atoms with Gasteiger partial charge in [0.1, 0.15) is 5.78 Å². The number of rotatable bonds is 0. The van der Waals surface area contributed by atoms with E-state index in [0.29, 0.717) is 17.6 Å². The van der Waals surface area contributed by atoms with E-state index in [-0.39, 0.29) is 28.3 Å². The summed E-state index contributed by atoms with van der Waals surface area (Å²) in [5, 5.41) is 22.0. The number of hydrogen-bond acceptors (Lipinski definition) is 3. The van der Waals surface area contributed by atoms with E-state index in [4.69, 9.17) is 0 Å². The second kappa shape index (κ2) is 4.85. The number of aliphatic hydroxyl groups excluding tert-OH is 1. The predicted molar refractivity (Wildman–Crippen MR) is 93.4 cm³/mol. The molecular formula is C21H34O3. The highest BCUT2D eigenvalue weighted by Gasteiger charge is 2.70. The van der Waals surface area contributed by atoms with Gasteiger partial charge in [0.25, 0.3) is 0 Å². The average Bonchev–Trinajstić information content (AvgIpc) is 2.85. The number of ketones is 1. The number of aliphatic hydroxyl groups is 2. The lowest BCUT2D eigenvalue weighted by atomic mass is 9.57. The molecule has 0 amide bonds. The Morgan fingerprint density at radius 2 is 1.75 bits per heavy atom. The molecule has 0 unspecified atom stereocenters. The van der Waals surface area contributed by atoms with Gasteiger partial charge in [0.2, 0.25) is 0 Å². The molecule has 4 aliphatic carbocycles. The first-order chi connectivity index (χ1) is 11.0. The van der Waals surface area contributed by atoms with Crippen LogP contribution in [0.3, 0.4) is 0 Å². The summed E-state index contributed by atoms with van der Waals surface area (Å²) >= 11 is 0. The smallest absolute Gasteiger partial charge is 0.142 e. The third kappa shape index (κ3) is 2.00. The van der Waals surface area contributed by atoms with Crippen LogP contribution in [-0.2, 0) is 4.79 Å². The summed E-state index contributed by atoms with van der Waals surface area (Å²) < 4.78 is 0. The summed E-state index contributed by atoms with van der Waals surface area (Å²) in [6.45, 7) is 8.40. The van der Waals surface area contributed by atoms with E-state index < -0.39 is 5.60 Å². The second-order valence-corrected chi connectivity index (χ2v) is 10.7. The monoisotopic (exact) mass is 334 g/mol. The predicted octanol–water partition coefficient (Wildman–Crippen LogP) is 3.71. The van der Waals surface area contributed by atoms with Crippen LogP contribution in [-0.4, -0.2) is 27.7 Å². The van der Waals surface area contributed by atoms with Gasteiger partial charge in [0, 0.05) is 16.7 Å². The Balaban J connectivity index is 1.80. The summed E-state index contributed by atoms with van der Waals surface area (Å²) in [5.41, 5.74) is -1.10. The van der Waals surface area contributed by atoms with Gasteiger partial charge in [-0.25, -0.2) is 0 Å². The molecule has 1 spiro atoms. The molecule has 2 N–H and O–H groups in total. The van der Waals surface area contributed by atoms with Crippen LogP contribution in [0.15, 0.2) is 0 Å². The van der Waals surface area contributed by atoms with Gasteiger partial charge in [0.15, 0.2) is 0 Å². The fourth-order valence-corrected chi connectivity index (χ4v) is 7.61. The topological polar surface area (TPSA) is 57.5 Å². The molecule has 0 aromatic heterocycles. The van der Waals surface area contributed by atoms with Crippen LogP contribution in [0, 0.1) is 34.0 Å². The van der Waals surface area contributed by atoms with Crippen molar-refractivity contribution in [2.75, 3.05) is 0 Å². The summed E-state index contributed by atoms with van der Waals surface area (Å²) in [4.78, 5) is 13.5. The standard InChI is InChI=1S/C21H34O3/c1-18(2)9-5-6-16(22)20(4)14(17(18)23)11-21-10-13(7-8-15(20)21)19(3,24)12-21/h13-16,22,24H,5-12H2,1-4H3/t13-,14+,15+,16+,19-,20-,21-/m1/s1. The molecule has 4 fully saturated rings. The van der Waals surface area contributed by atoms with Gasteiger partial charge in [-0.3, -0.25) is 4.79 Å². The third-order valence-corrected chi connectivity index (χ3v) is 8.88. The van der Waals surface area contributed by atoms with Crippen molar-refractivity contribution in [3.05, 3.63) is 0 Å². The molecule has 0 radical (unpaired) electrons. The van der Waals surface area contributed by atoms with Crippen molar-refractivity contribution in [3.8, 4) is 0 Å². The van der Waals surface area contributed by atoms with Crippen molar-refractivity contribution in [2.24, 2.45) is 34.0 Å². The van der Waals surface area contributed by atoms with Crippen LogP contribution in [0.4, 0.5) is 0 Å². The molecule has 4 saturated carbocycles. The SMILES string of the molecule is CC1(C)CCC[C@H](O)[C@@]2(C)[C@@H]3CC[C@@H]4C[C@@]3(C[C@H]2C1=O)C[C@@]4(C)O. The molecule has 0 saturated heterocycles. The first-order valence-corrected chi connectivity index (χ1v) is 9.98. The third-order valence-electron chi connectivity index (χ3n) is 8.88. The van der Waals surface area contributed by atoms with Gasteiger partial charge >= 0.3 is 0 Å². The normalized spacial score (nSPS) is 56.3. The van der Waals surface area contributed by atoms with Gasteiger partial charge in [-0.05, 0) is 75.5 Å². The maximum Gasteiger partial charge on any atom is 0.142 e. The Morgan fingerprint density at radius 1 is 1.04 bits per heavy atom. The van der Waals surface area contributed by atoms with E-state index in [0.717, 1.165) is 51.4 Å². The maximum absolute atomic E-state index is 13.5. The van der Waals surface area contributed by atoms with Crippen molar-refractivity contribution in [1.82, 2.24) is 0 Å². The van der Waals surface area contributed by atoms with Crippen molar-refractivity contribution < 1.29 is 15.0 Å². The molecule has 0 aromatic rings. The summed E-state index contributed by atoms with van der Waals surface area (Å²) in [6, 6.07) is 0. The van der Waals surface area contributed by atoms with Crippen molar-refractivity contribution in [2.45, 2.75) is 90.8 Å². The summed E-state index contributed by atoms with van der Waals surface area (Å²) in [7, 11) is 0. The fraction of sp³-hybridized carbons (Fsp3) is 0.952. The number of carbonyl (C=O) groups is 1. The van der Waals surface area contributed by atoms with Gasteiger partial charge in [-0.15, -0.1) is 0 Å². The zero-order valence-electron chi connectivity index (χ0n) is 15.8. The molecular weight excluding hydrogens is 300 g/mol. The van der Waals surface area contributed by atoms with E-state index in [2.05, 4.69) is 20.8 Å². The van der Waals surface area contributed by atoms with Crippen molar-refractivity contribution in [1.29, 1.82) is 0 Å². The highest BCUT2D eigenvalue weighted by molar-refractivity contribution is 5.87. The Morgan fingerprint density at radius 3 is 2.46 bits per heavy atom. The molecule has 24 heavy (non-hydrogen) atoms. The van der Waals surface area contributed by atoms with Crippen LogP contribution in [0.1, 0.15) is 79.1 Å². The quantitative estimate of drug-likeness (QED) is 0.710. The molecule has 3 heteroatoms. The second-order valence-electron chi connectivity index (χ2n) is 10.7. The highest BCUT2D eigenvalue weighted by Crippen LogP contribution is 2.73. The van der Waals surface area contributed by atoms with Crippen LogP contribution >= 0.6 is 0 Å². The molecule has 4 aliphatic rings. The van der Waals surface area contributed by atoms with Crippen molar-refractivity contribution in [3.63, 3.8) is 0 Å². The fourth-order valence-electron chi connectivity index (χ4n) is 7.61. The lowest BCUT2D eigenvalue weighted by Crippen LogP contribution is -2.49. The number of hydrogen-bond donors (Lipinski definition) is 2. The first-order valence-electron chi connectivity index (χ1n) is 9.98. The molecule has 3 nitrogen and oxygen atoms in total. The van der Waals surface area contributed by atoms with Crippen LogP contribution in [0.2, 0.25) is 0 Å². The molecule has 7 atom stereocenters. The summed E-state index contributed by atoms with van der Waals surface area (Å²) in [5.74, 6) is 1.09. The zero-order valence-corrected chi connectivity index (χ0v) is 15.8. The van der Waals surface area contributed by atoms with Crippen LogP contribution in [0.25, 0.3) is 0 Å². The molecule has 4 rings (SSSR count). The lowest BCUT2D eigenvalue weighted by molar-refractivity contribution is -0.143. The highest BCUT2D eigenvalue weighted by atomic mass is 16.3. The molecule has 0 aliphatic heterocycles. The summed E-state index contributed by atoms with van der Waals surface area (Å²) in [6.07, 6.45) is 7.13. The Bertz CT molecular complexity index is 565. The first kappa shape index (κ1) is 17.0. The van der Waals surface area contributed by atoms with E-state index in [9.17, 15) is 15.0 Å². The van der Waals surface area contributed by atoms with E-state index >= 15 is 0 Å². The molecule has 0 aromatic carbocycles. The zero-order chi connectivity index (χ0) is 17.5. The Kier molecular flexibility index (Phi) is 3.44. The van der Waals surface area contributed by atoms with Crippen molar-refractivity contribution >= 4 is 5.78 Å². The van der Waals surface area contributed by atoms with E-state index in [1.807, 2.05) is 6.92 Å². The van der Waals surface area contributed by atoms with E-state index in [1.54, 1.807) is 0 Å². The lowest BCUT2D eigenvalue weighted by Gasteiger charge is -2.48. The minimum absolute atomic E-state index is 0.0413. The number of fused-ring (bicyclic) bond motifs is 3. The van der Waals surface area contributed by atoms with Crippen LogP contribution in [0.5, 0.6) is 0 Å². The average molecular weight is 335 g/mol. The van der Waals surface area contributed by atoms with Crippen LogP contribution < -0.4 is 0 Å². The maximum atomic E-state index is 13.5. The van der Waals surface area contributed by atoms with Gasteiger partial charge in [-0.1, -0.05) is 20.8 Å². The van der Waals surface area contributed by atoms with Gasteiger partial charge < -0.3 is 10.2 Å². The molecule has 2 bridgehead atoms. The minimum atomic E-state index is -0.589. The Labute approximate surface area is 146 Å². The molecule has 0 heterocycles. The van der Waals surface area contributed by atoms with Gasteiger partial charge in [-0.2, -0.15) is 0 Å². The van der Waals surface area contributed by atoms with Gasteiger partial charge in [0.05, 0.1) is 11.7 Å².